The lowest BCUT2D eigenvalue weighted by atomic mass is 9.64. The van der Waals surface area contributed by atoms with Gasteiger partial charge in [-0.05, 0) is 46.5 Å². The highest BCUT2D eigenvalue weighted by Gasteiger charge is 2.37. The molecule has 2 fully saturated rings. The summed E-state index contributed by atoms with van der Waals surface area (Å²) < 4.78 is 6.60. The van der Waals surface area contributed by atoms with Crippen LogP contribution in [0.4, 0.5) is 5.69 Å². The molecule has 1 saturated carbocycles. The first-order chi connectivity index (χ1) is 9.25. The highest BCUT2D eigenvalue weighted by atomic mass is 79.9. The van der Waals surface area contributed by atoms with Crippen molar-refractivity contribution < 1.29 is 4.74 Å². The summed E-state index contributed by atoms with van der Waals surface area (Å²) >= 11 is 3.73. The molecule has 4 heteroatoms. The van der Waals surface area contributed by atoms with Gasteiger partial charge in [-0.25, -0.2) is 0 Å². The van der Waals surface area contributed by atoms with Crippen LogP contribution in [0.15, 0.2) is 22.7 Å². The number of ether oxygens (including phenoxy) is 1. The average molecular weight is 325 g/mol. The number of hydrogen-bond acceptors (Lipinski definition) is 3. The van der Waals surface area contributed by atoms with Gasteiger partial charge in [-0.15, -0.1) is 0 Å². The van der Waals surface area contributed by atoms with Crippen LogP contribution in [0.3, 0.4) is 0 Å². The Hall–Kier alpha value is -0.580. The first kappa shape index (κ1) is 13.4. The molecule has 19 heavy (non-hydrogen) atoms. The Bertz CT molecular complexity index is 448. The zero-order chi connectivity index (χ0) is 13.3. The van der Waals surface area contributed by atoms with Crippen LogP contribution < -0.4 is 10.6 Å². The predicted octanol–water partition coefficient (Wildman–Crippen LogP) is 2.67. The summed E-state index contributed by atoms with van der Waals surface area (Å²) in [6.45, 7) is 4.35. The summed E-state index contributed by atoms with van der Waals surface area (Å²) in [5, 5.41) is 0. The van der Waals surface area contributed by atoms with Gasteiger partial charge in [0.2, 0.25) is 0 Å². The number of morpholine rings is 1. The van der Waals surface area contributed by atoms with Crippen LogP contribution in [0.1, 0.15) is 24.8 Å². The Labute approximate surface area is 123 Å². The number of rotatable bonds is 3. The molecule has 0 radical (unpaired) electrons. The van der Waals surface area contributed by atoms with E-state index >= 15 is 0 Å². The van der Waals surface area contributed by atoms with Crippen LogP contribution in [0.2, 0.25) is 0 Å². The summed E-state index contributed by atoms with van der Waals surface area (Å²) in [6.07, 6.45) is 3.76. The fourth-order valence-corrected chi connectivity index (χ4v) is 3.74. The highest BCUT2D eigenvalue weighted by molar-refractivity contribution is 9.10. The maximum absolute atomic E-state index is 5.99. The summed E-state index contributed by atoms with van der Waals surface area (Å²) in [4.78, 5) is 2.38. The molecular weight excluding hydrogens is 304 g/mol. The average Bonchev–Trinajstić information content (AvgIpc) is 2.39. The largest absolute Gasteiger partial charge is 0.378 e. The molecule has 2 aliphatic rings. The number of benzene rings is 1. The lowest BCUT2D eigenvalue weighted by Crippen LogP contribution is -2.41. The lowest BCUT2D eigenvalue weighted by molar-refractivity contribution is 0.122. The van der Waals surface area contributed by atoms with Gasteiger partial charge in [0.1, 0.15) is 0 Å². The summed E-state index contributed by atoms with van der Waals surface area (Å²) in [5.41, 5.74) is 8.90. The van der Waals surface area contributed by atoms with Crippen molar-refractivity contribution in [3.05, 3.63) is 28.2 Å². The second kappa shape index (κ2) is 5.43. The van der Waals surface area contributed by atoms with Crippen LogP contribution in [0, 0.1) is 0 Å². The van der Waals surface area contributed by atoms with E-state index in [0.717, 1.165) is 32.8 Å². The van der Waals surface area contributed by atoms with Gasteiger partial charge in [-0.1, -0.05) is 12.5 Å². The van der Waals surface area contributed by atoms with Crippen molar-refractivity contribution in [1.29, 1.82) is 0 Å². The maximum atomic E-state index is 5.99. The van der Waals surface area contributed by atoms with E-state index < -0.39 is 0 Å². The molecule has 0 atom stereocenters. The fraction of sp³-hybridized carbons (Fsp3) is 0.600. The molecule has 3 rings (SSSR count). The van der Waals surface area contributed by atoms with Crippen molar-refractivity contribution in [2.45, 2.75) is 24.7 Å². The van der Waals surface area contributed by atoms with E-state index in [1.807, 2.05) is 0 Å². The Morgan fingerprint density at radius 3 is 2.53 bits per heavy atom. The third-order valence-electron chi connectivity index (χ3n) is 4.61. The monoisotopic (exact) mass is 324 g/mol. The standard InChI is InChI=1S/C15H21BrN2O/c16-13-10-12(15(11-17)4-1-5-15)2-3-14(13)18-6-8-19-9-7-18/h2-3,10H,1,4-9,11,17H2. The lowest BCUT2D eigenvalue weighted by Gasteiger charge is -2.42. The molecule has 3 nitrogen and oxygen atoms in total. The molecule has 0 unspecified atom stereocenters. The van der Waals surface area contributed by atoms with Crippen LogP contribution >= 0.6 is 15.9 Å². The molecule has 1 aliphatic carbocycles. The molecule has 0 aromatic heterocycles. The molecule has 1 aliphatic heterocycles. The van der Waals surface area contributed by atoms with E-state index in [1.54, 1.807) is 0 Å². The van der Waals surface area contributed by atoms with E-state index in [2.05, 4.69) is 39.0 Å². The first-order valence-corrected chi connectivity index (χ1v) is 7.87. The number of nitrogens with two attached hydrogens (primary N) is 1. The predicted molar refractivity (Wildman–Crippen MR) is 81.8 cm³/mol. The van der Waals surface area contributed by atoms with Gasteiger partial charge in [0.05, 0.1) is 18.9 Å². The van der Waals surface area contributed by atoms with Gasteiger partial charge in [-0.3, -0.25) is 0 Å². The number of hydrogen-bond donors (Lipinski definition) is 1. The number of nitrogens with zero attached hydrogens (tertiary/aromatic N) is 1. The van der Waals surface area contributed by atoms with E-state index in [0.29, 0.717) is 0 Å². The van der Waals surface area contributed by atoms with Gasteiger partial charge in [0.25, 0.3) is 0 Å². The van der Waals surface area contributed by atoms with Gasteiger partial charge < -0.3 is 15.4 Å². The number of halogens is 1. The third-order valence-corrected chi connectivity index (χ3v) is 5.25. The van der Waals surface area contributed by atoms with Crippen LogP contribution in [0.5, 0.6) is 0 Å². The zero-order valence-corrected chi connectivity index (χ0v) is 12.8. The second-order valence-corrected chi connectivity index (χ2v) is 6.46. The van der Waals surface area contributed by atoms with Crippen LogP contribution in [-0.2, 0) is 10.2 Å². The van der Waals surface area contributed by atoms with Crippen molar-refractivity contribution in [1.82, 2.24) is 0 Å². The molecule has 1 saturated heterocycles. The van der Waals surface area contributed by atoms with Gasteiger partial charge in [-0.2, -0.15) is 0 Å². The SMILES string of the molecule is NCC1(c2ccc(N3CCOCC3)c(Br)c2)CCC1. The molecule has 0 amide bonds. The quantitative estimate of drug-likeness (QED) is 0.929. The van der Waals surface area contributed by atoms with Crippen molar-refractivity contribution in [2.24, 2.45) is 5.73 Å². The zero-order valence-electron chi connectivity index (χ0n) is 11.2. The minimum absolute atomic E-state index is 0.242. The topological polar surface area (TPSA) is 38.5 Å². The molecule has 2 N–H and O–H groups in total. The Kier molecular flexibility index (Phi) is 3.83. The Balaban J connectivity index is 1.85. The first-order valence-electron chi connectivity index (χ1n) is 7.08. The van der Waals surface area contributed by atoms with Gasteiger partial charge in [0, 0.05) is 29.5 Å². The molecule has 1 heterocycles. The Morgan fingerprint density at radius 2 is 2.00 bits per heavy atom. The smallest absolute Gasteiger partial charge is 0.0642 e. The maximum Gasteiger partial charge on any atom is 0.0642 e. The molecular formula is C15H21BrN2O. The summed E-state index contributed by atoms with van der Waals surface area (Å²) in [6, 6.07) is 6.78. The highest BCUT2D eigenvalue weighted by Crippen LogP contribution is 2.44. The minimum Gasteiger partial charge on any atom is -0.378 e. The normalized spacial score (nSPS) is 22.1. The molecule has 0 bridgehead atoms. The van der Waals surface area contributed by atoms with Crippen LogP contribution in [0.25, 0.3) is 0 Å². The molecule has 0 spiro atoms. The van der Waals surface area contributed by atoms with Crippen molar-refractivity contribution >= 4 is 21.6 Å². The fourth-order valence-electron chi connectivity index (χ4n) is 3.11. The van der Waals surface area contributed by atoms with E-state index in [9.17, 15) is 0 Å². The molecule has 1 aromatic rings. The number of anilines is 1. The van der Waals surface area contributed by atoms with Crippen molar-refractivity contribution in [2.75, 3.05) is 37.7 Å². The molecule has 104 valence electrons. The van der Waals surface area contributed by atoms with Crippen molar-refractivity contribution in [3.8, 4) is 0 Å². The summed E-state index contributed by atoms with van der Waals surface area (Å²) in [5.74, 6) is 0. The van der Waals surface area contributed by atoms with Gasteiger partial charge in [0.15, 0.2) is 0 Å². The summed E-state index contributed by atoms with van der Waals surface area (Å²) in [7, 11) is 0. The molecule has 1 aromatic carbocycles. The van der Waals surface area contributed by atoms with E-state index in [4.69, 9.17) is 10.5 Å². The third kappa shape index (κ3) is 2.41. The van der Waals surface area contributed by atoms with E-state index in [1.165, 1.54) is 35.0 Å². The van der Waals surface area contributed by atoms with Gasteiger partial charge >= 0.3 is 0 Å². The van der Waals surface area contributed by atoms with Crippen LogP contribution in [-0.4, -0.2) is 32.8 Å². The van der Waals surface area contributed by atoms with Crippen molar-refractivity contribution in [3.63, 3.8) is 0 Å². The second-order valence-electron chi connectivity index (χ2n) is 5.60. The minimum atomic E-state index is 0.242. The van der Waals surface area contributed by atoms with E-state index in [-0.39, 0.29) is 5.41 Å². The Morgan fingerprint density at radius 1 is 1.26 bits per heavy atom.